The van der Waals surface area contributed by atoms with Crippen LogP contribution in [0.5, 0.6) is 0 Å². The van der Waals surface area contributed by atoms with Crippen molar-refractivity contribution < 1.29 is 9.85 Å². The highest BCUT2D eigenvalue weighted by molar-refractivity contribution is 5.88. The molecule has 8 nitrogen and oxygen atoms in total. The third kappa shape index (κ3) is 1.36. The van der Waals surface area contributed by atoms with E-state index < -0.39 is 9.85 Å². The molecule has 0 saturated heterocycles. The first kappa shape index (κ1) is 10.0. The molecule has 16 heavy (non-hydrogen) atoms. The van der Waals surface area contributed by atoms with Gasteiger partial charge in [0.1, 0.15) is 10.9 Å². The number of nitrogens with zero attached hydrogens (tertiary/aromatic N) is 4. The van der Waals surface area contributed by atoms with E-state index >= 15 is 0 Å². The fourth-order valence-corrected chi connectivity index (χ4v) is 1.48. The largest absolute Gasteiger partial charge is 0.397 e. The van der Waals surface area contributed by atoms with Gasteiger partial charge in [-0.3, -0.25) is 10.1 Å². The van der Waals surface area contributed by atoms with Crippen LogP contribution in [0.2, 0.25) is 0 Å². The second kappa shape index (κ2) is 3.26. The van der Waals surface area contributed by atoms with Gasteiger partial charge in [-0.15, -0.1) is 0 Å². The predicted molar refractivity (Wildman–Crippen MR) is 54.0 cm³/mol. The van der Waals surface area contributed by atoms with Crippen LogP contribution in [0.25, 0.3) is 10.9 Å². The average molecular weight is 222 g/mol. The Kier molecular flexibility index (Phi) is 2.04. The molecular formula is C8H6N4O4. The van der Waals surface area contributed by atoms with Crippen LogP contribution < -0.4 is 0 Å². The van der Waals surface area contributed by atoms with Gasteiger partial charge < -0.3 is 10.1 Å². The summed E-state index contributed by atoms with van der Waals surface area (Å²) in [7, 11) is 1.50. The molecule has 2 aromatic rings. The molecule has 0 saturated carbocycles. The van der Waals surface area contributed by atoms with Crippen LogP contribution >= 0.6 is 0 Å². The summed E-state index contributed by atoms with van der Waals surface area (Å²) in [6.45, 7) is 0. The molecule has 0 aliphatic heterocycles. The van der Waals surface area contributed by atoms with Crippen LogP contribution in [0.4, 0.5) is 11.5 Å². The molecule has 0 aliphatic rings. The Morgan fingerprint density at radius 3 is 2.50 bits per heavy atom. The third-order valence-corrected chi connectivity index (χ3v) is 2.20. The predicted octanol–water partition coefficient (Wildman–Crippen LogP) is 1.39. The first-order valence-corrected chi connectivity index (χ1v) is 4.26. The molecule has 0 bridgehead atoms. The molecule has 0 fully saturated rings. The molecule has 0 amide bonds. The fraction of sp³-hybridized carbons (Fsp3) is 0.125. The van der Waals surface area contributed by atoms with Gasteiger partial charge in [0.15, 0.2) is 0 Å². The zero-order valence-electron chi connectivity index (χ0n) is 8.15. The number of benzene rings is 1. The second-order valence-electron chi connectivity index (χ2n) is 3.16. The van der Waals surface area contributed by atoms with Crippen LogP contribution in [0.15, 0.2) is 18.2 Å². The van der Waals surface area contributed by atoms with Crippen molar-refractivity contribution >= 4 is 22.4 Å². The first-order valence-electron chi connectivity index (χ1n) is 4.26. The zero-order chi connectivity index (χ0) is 11.9. The highest BCUT2D eigenvalue weighted by Gasteiger charge is 2.21. The lowest BCUT2D eigenvalue weighted by Gasteiger charge is -1.92. The van der Waals surface area contributed by atoms with Crippen LogP contribution in [-0.2, 0) is 7.05 Å². The molecule has 8 heteroatoms. The van der Waals surface area contributed by atoms with Crippen molar-refractivity contribution in [3.05, 3.63) is 38.4 Å². The summed E-state index contributed by atoms with van der Waals surface area (Å²) >= 11 is 0. The minimum atomic E-state index is -0.617. The van der Waals surface area contributed by atoms with Gasteiger partial charge in [-0.25, -0.2) is 0 Å². The third-order valence-electron chi connectivity index (χ3n) is 2.20. The lowest BCUT2D eigenvalue weighted by atomic mass is 10.2. The van der Waals surface area contributed by atoms with E-state index in [-0.39, 0.29) is 16.9 Å². The molecule has 0 atom stereocenters. The van der Waals surface area contributed by atoms with Crippen molar-refractivity contribution in [2.45, 2.75) is 0 Å². The van der Waals surface area contributed by atoms with E-state index in [0.29, 0.717) is 5.52 Å². The van der Waals surface area contributed by atoms with Crippen LogP contribution in [-0.4, -0.2) is 19.6 Å². The van der Waals surface area contributed by atoms with E-state index in [1.165, 1.54) is 29.9 Å². The van der Waals surface area contributed by atoms with E-state index in [1.54, 1.807) is 0 Å². The van der Waals surface area contributed by atoms with Gasteiger partial charge in [0, 0.05) is 12.1 Å². The van der Waals surface area contributed by atoms with Gasteiger partial charge in [0.2, 0.25) is 0 Å². The average Bonchev–Trinajstić information content (AvgIpc) is 2.56. The van der Waals surface area contributed by atoms with Gasteiger partial charge in [-0.05, 0) is 11.0 Å². The van der Waals surface area contributed by atoms with Crippen LogP contribution in [0, 0.1) is 20.2 Å². The van der Waals surface area contributed by atoms with E-state index in [1.807, 2.05) is 0 Å². The number of hydrogen-bond donors (Lipinski definition) is 0. The van der Waals surface area contributed by atoms with Gasteiger partial charge in [0.05, 0.1) is 17.1 Å². The van der Waals surface area contributed by atoms with Crippen molar-refractivity contribution in [3.8, 4) is 0 Å². The lowest BCUT2D eigenvalue weighted by molar-refractivity contribution is -0.388. The summed E-state index contributed by atoms with van der Waals surface area (Å²) in [5, 5.41) is 25.2. The Morgan fingerprint density at radius 1 is 1.25 bits per heavy atom. The molecule has 0 aliphatic carbocycles. The first-order chi connectivity index (χ1) is 7.50. The summed E-state index contributed by atoms with van der Waals surface area (Å²) < 4.78 is 1.25. The summed E-state index contributed by atoms with van der Waals surface area (Å²) in [6, 6.07) is 3.81. The lowest BCUT2D eigenvalue weighted by Crippen LogP contribution is -1.93. The summed E-state index contributed by atoms with van der Waals surface area (Å²) in [4.78, 5) is 20.0. The zero-order valence-corrected chi connectivity index (χ0v) is 8.15. The Balaban J connectivity index is 2.76. The Hall–Kier alpha value is -2.51. The van der Waals surface area contributed by atoms with E-state index in [4.69, 9.17) is 0 Å². The maximum atomic E-state index is 10.6. The number of nitro groups is 2. The molecule has 0 radical (unpaired) electrons. The molecule has 2 rings (SSSR count). The SMILES string of the molecule is Cn1nc([N+](=O)[O-])c2ccc([N+](=O)[O-])cc21. The van der Waals surface area contributed by atoms with E-state index in [2.05, 4.69) is 5.10 Å². The molecule has 1 heterocycles. The number of non-ortho nitro benzene ring substituents is 1. The van der Waals surface area contributed by atoms with E-state index in [9.17, 15) is 20.2 Å². The highest BCUT2D eigenvalue weighted by Crippen LogP contribution is 2.27. The summed E-state index contributed by atoms with van der Waals surface area (Å²) in [5.74, 6) is -0.299. The molecule has 1 aromatic heterocycles. The minimum Gasteiger partial charge on any atom is -0.358 e. The van der Waals surface area contributed by atoms with Gasteiger partial charge >= 0.3 is 5.82 Å². The minimum absolute atomic E-state index is 0.120. The topological polar surface area (TPSA) is 104 Å². The molecule has 82 valence electrons. The smallest absolute Gasteiger partial charge is 0.358 e. The maximum absolute atomic E-state index is 10.6. The molecule has 0 unspecified atom stereocenters. The van der Waals surface area contributed by atoms with E-state index in [0.717, 1.165) is 0 Å². The maximum Gasteiger partial charge on any atom is 0.397 e. The molecule has 1 aromatic carbocycles. The standard InChI is InChI=1S/C8H6N4O4/c1-10-7-4-5(11(13)14)2-3-6(7)8(9-10)12(15)16/h2-4H,1H3. The Bertz CT molecular complexity index is 603. The number of nitro benzene ring substituents is 1. The number of aromatic nitrogens is 2. The summed E-state index contributed by atoms with van der Waals surface area (Å²) in [6.07, 6.45) is 0. The van der Waals surface area contributed by atoms with Crippen molar-refractivity contribution in [1.29, 1.82) is 0 Å². The normalized spacial score (nSPS) is 10.6. The molecule has 0 spiro atoms. The fourth-order valence-electron chi connectivity index (χ4n) is 1.48. The van der Waals surface area contributed by atoms with Gasteiger partial charge in [-0.2, -0.15) is 4.68 Å². The monoisotopic (exact) mass is 222 g/mol. The number of fused-ring (bicyclic) bond motifs is 1. The van der Waals surface area contributed by atoms with Gasteiger partial charge in [-0.1, -0.05) is 0 Å². The number of rotatable bonds is 2. The summed E-state index contributed by atoms with van der Waals surface area (Å²) in [5.41, 5.74) is 0.242. The van der Waals surface area contributed by atoms with Crippen molar-refractivity contribution in [3.63, 3.8) is 0 Å². The van der Waals surface area contributed by atoms with Crippen LogP contribution in [0.3, 0.4) is 0 Å². The number of hydrogen-bond acceptors (Lipinski definition) is 5. The van der Waals surface area contributed by atoms with Crippen LogP contribution in [0.1, 0.15) is 0 Å². The van der Waals surface area contributed by atoms with Crippen molar-refractivity contribution in [2.24, 2.45) is 7.05 Å². The molecule has 0 N–H and O–H groups in total. The van der Waals surface area contributed by atoms with Gasteiger partial charge in [0.25, 0.3) is 5.69 Å². The van der Waals surface area contributed by atoms with Crippen molar-refractivity contribution in [2.75, 3.05) is 0 Å². The second-order valence-corrected chi connectivity index (χ2v) is 3.16. The quantitative estimate of drug-likeness (QED) is 0.564. The Morgan fingerprint density at radius 2 is 1.94 bits per heavy atom. The highest BCUT2D eigenvalue weighted by atomic mass is 16.6. The Labute approximate surface area is 88.4 Å². The van der Waals surface area contributed by atoms with Crippen molar-refractivity contribution in [1.82, 2.24) is 9.78 Å². The number of aryl methyl sites for hydroxylation is 1. The molecular weight excluding hydrogens is 216 g/mol.